The molecule has 0 fully saturated rings. The Kier molecular flexibility index (Phi) is 4.35. The largest absolute Gasteiger partial charge is 0.508 e. The van der Waals surface area contributed by atoms with Gasteiger partial charge in [0.15, 0.2) is 0 Å². The third-order valence-electron chi connectivity index (χ3n) is 3.33. The molecule has 0 amide bonds. The van der Waals surface area contributed by atoms with Crippen molar-refractivity contribution in [1.82, 2.24) is 5.32 Å². The second-order valence-electron chi connectivity index (χ2n) is 4.83. The number of nitrogens with one attached hydrogen (secondary N) is 1. The van der Waals surface area contributed by atoms with E-state index >= 15 is 0 Å². The lowest BCUT2D eigenvalue weighted by atomic mass is 10.0. The number of rotatable bonds is 4. The van der Waals surface area contributed by atoms with Gasteiger partial charge in [0, 0.05) is 23.2 Å². The fraction of sp³-hybridized carbons (Fsp3) is 0.250. The van der Waals surface area contributed by atoms with Crippen LogP contribution >= 0.6 is 0 Å². The first-order valence-corrected chi connectivity index (χ1v) is 6.48. The Balaban J connectivity index is 2.17. The first-order valence-electron chi connectivity index (χ1n) is 6.48. The zero-order chi connectivity index (χ0) is 14.7. The van der Waals surface area contributed by atoms with Crippen LogP contribution in [0.5, 0.6) is 5.75 Å². The first-order chi connectivity index (χ1) is 9.49. The van der Waals surface area contributed by atoms with Crippen LogP contribution in [0.25, 0.3) is 0 Å². The van der Waals surface area contributed by atoms with E-state index in [1.807, 2.05) is 6.92 Å². The maximum Gasteiger partial charge on any atom is 0.127 e. The topological polar surface area (TPSA) is 32.3 Å². The van der Waals surface area contributed by atoms with Crippen LogP contribution in [0, 0.1) is 11.6 Å². The SMILES string of the molecule is CC(NC(C)c1ccccc1F)c1cc(F)ccc1O. The van der Waals surface area contributed by atoms with Crippen molar-refractivity contribution in [2.24, 2.45) is 0 Å². The molecule has 0 aromatic heterocycles. The van der Waals surface area contributed by atoms with Gasteiger partial charge in [-0.25, -0.2) is 8.78 Å². The number of hydrogen-bond acceptors (Lipinski definition) is 2. The number of halogens is 2. The smallest absolute Gasteiger partial charge is 0.127 e. The lowest BCUT2D eigenvalue weighted by molar-refractivity contribution is 0.430. The molecule has 2 atom stereocenters. The molecule has 0 aliphatic heterocycles. The van der Waals surface area contributed by atoms with Crippen LogP contribution in [-0.2, 0) is 0 Å². The van der Waals surface area contributed by atoms with E-state index in [1.54, 1.807) is 25.1 Å². The van der Waals surface area contributed by atoms with Gasteiger partial charge in [0.1, 0.15) is 17.4 Å². The Morgan fingerprint density at radius 3 is 2.30 bits per heavy atom. The second-order valence-corrected chi connectivity index (χ2v) is 4.83. The van der Waals surface area contributed by atoms with Crippen LogP contribution in [0.15, 0.2) is 42.5 Å². The molecule has 0 radical (unpaired) electrons. The predicted molar refractivity (Wildman–Crippen MR) is 74.4 cm³/mol. The highest BCUT2D eigenvalue weighted by molar-refractivity contribution is 5.35. The molecule has 20 heavy (non-hydrogen) atoms. The Hall–Kier alpha value is -1.94. The minimum atomic E-state index is -0.412. The molecule has 0 spiro atoms. The van der Waals surface area contributed by atoms with Crippen molar-refractivity contribution in [3.8, 4) is 5.75 Å². The molecule has 0 bridgehead atoms. The summed E-state index contributed by atoms with van der Waals surface area (Å²) in [7, 11) is 0. The van der Waals surface area contributed by atoms with Crippen LogP contribution < -0.4 is 5.32 Å². The van der Waals surface area contributed by atoms with Crippen LogP contribution in [0.4, 0.5) is 8.78 Å². The minimum Gasteiger partial charge on any atom is -0.508 e. The standard InChI is InChI=1S/C16H17F2NO/c1-10(13-5-3-4-6-15(13)18)19-11(2)14-9-12(17)7-8-16(14)20/h3-11,19-20H,1-2H3. The van der Waals surface area contributed by atoms with Crippen LogP contribution in [0.1, 0.15) is 37.1 Å². The third kappa shape index (κ3) is 3.14. The summed E-state index contributed by atoms with van der Waals surface area (Å²) in [5, 5.41) is 12.9. The van der Waals surface area contributed by atoms with E-state index in [-0.39, 0.29) is 23.7 Å². The van der Waals surface area contributed by atoms with E-state index in [1.165, 1.54) is 24.3 Å². The van der Waals surface area contributed by atoms with E-state index in [2.05, 4.69) is 5.32 Å². The van der Waals surface area contributed by atoms with Crippen molar-refractivity contribution in [2.75, 3.05) is 0 Å². The molecule has 0 saturated heterocycles. The fourth-order valence-electron chi connectivity index (χ4n) is 2.25. The van der Waals surface area contributed by atoms with Gasteiger partial charge in [-0.2, -0.15) is 0 Å². The fourth-order valence-corrected chi connectivity index (χ4v) is 2.25. The van der Waals surface area contributed by atoms with Gasteiger partial charge in [-0.3, -0.25) is 0 Å². The highest BCUT2D eigenvalue weighted by Crippen LogP contribution is 2.27. The summed E-state index contributed by atoms with van der Waals surface area (Å²) in [6, 6.07) is 9.73. The normalized spacial score (nSPS) is 14.0. The Labute approximate surface area is 117 Å². The maximum atomic E-state index is 13.7. The van der Waals surface area contributed by atoms with Gasteiger partial charge in [-0.15, -0.1) is 0 Å². The Morgan fingerprint density at radius 2 is 1.60 bits per heavy atom. The summed E-state index contributed by atoms with van der Waals surface area (Å²) in [6.07, 6.45) is 0. The minimum absolute atomic E-state index is 0.0205. The average Bonchev–Trinajstić information content (AvgIpc) is 2.41. The number of hydrogen-bond donors (Lipinski definition) is 2. The van der Waals surface area contributed by atoms with E-state index in [0.29, 0.717) is 11.1 Å². The van der Waals surface area contributed by atoms with Crippen molar-refractivity contribution >= 4 is 0 Å². The number of benzene rings is 2. The molecular formula is C16H17F2NO. The number of phenolic OH excluding ortho intramolecular Hbond substituents is 1. The summed E-state index contributed by atoms with van der Waals surface area (Å²) in [6.45, 7) is 3.62. The molecule has 0 aliphatic rings. The average molecular weight is 277 g/mol. The molecule has 2 rings (SSSR count). The van der Waals surface area contributed by atoms with Gasteiger partial charge in [0.05, 0.1) is 0 Å². The van der Waals surface area contributed by atoms with Crippen molar-refractivity contribution < 1.29 is 13.9 Å². The van der Waals surface area contributed by atoms with Crippen molar-refractivity contribution in [1.29, 1.82) is 0 Å². The van der Waals surface area contributed by atoms with Gasteiger partial charge in [0.2, 0.25) is 0 Å². The molecule has 2 N–H and O–H groups in total. The van der Waals surface area contributed by atoms with Crippen LogP contribution in [0.2, 0.25) is 0 Å². The van der Waals surface area contributed by atoms with Crippen LogP contribution in [0.3, 0.4) is 0 Å². The van der Waals surface area contributed by atoms with E-state index in [0.717, 1.165) is 0 Å². The lowest BCUT2D eigenvalue weighted by Crippen LogP contribution is -2.23. The second kappa shape index (κ2) is 6.01. The molecule has 2 unspecified atom stereocenters. The summed E-state index contributed by atoms with van der Waals surface area (Å²) in [5.74, 6) is -0.680. The van der Waals surface area contributed by atoms with Crippen molar-refractivity contribution in [2.45, 2.75) is 25.9 Å². The van der Waals surface area contributed by atoms with E-state index in [9.17, 15) is 13.9 Å². The molecule has 2 aromatic carbocycles. The van der Waals surface area contributed by atoms with Gasteiger partial charge < -0.3 is 10.4 Å². The molecule has 106 valence electrons. The first kappa shape index (κ1) is 14.5. The Bertz CT molecular complexity index is 601. The van der Waals surface area contributed by atoms with E-state index in [4.69, 9.17) is 0 Å². The number of phenols is 1. The van der Waals surface area contributed by atoms with Gasteiger partial charge in [0.25, 0.3) is 0 Å². The van der Waals surface area contributed by atoms with Crippen molar-refractivity contribution in [3.63, 3.8) is 0 Å². The predicted octanol–water partition coefficient (Wildman–Crippen LogP) is 4.08. The molecule has 0 heterocycles. The quantitative estimate of drug-likeness (QED) is 0.882. The van der Waals surface area contributed by atoms with Crippen LogP contribution in [-0.4, -0.2) is 5.11 Å². The molecule has 2 aromatic rings. The monoisotopic (exact) mass is 277 g/mol. The molecule has 0 aliphatic carbocycles. The Morgan fingerprint density at radius 1 is 0.950 bits per heavy atom. The summed E-state index contributed by atoms with van der Waals surface area (Å²) in [5.41, 5.74) is 0.989. The van der Waals surface area contributed by atoms with Gasteiger partial charge in [-0.1, -0.05) is 18.2 Å². The van der Waals surface area contributed by atoms with Gasteiger partial charge >= 0.3 is 0 Å². The third-order valence-corrected chi connectivity index (χ3v) is 3.33. The zero-order valence-electron chi connectivity index (χ0n) is 11.4. The molecule has 4 heteroatoms. The van der Waals surface area contributed by atoms with Gasteiger partial charge in [-0.05, 0) is 38.1 Å². The van der Waals surface area contributed by atoms with E-state index < -0.39 is 5.82 Å². The summed E-state index contributed by atoms with van der Waals surface area (Å²) >= 11 is 0. The van der Waals surface area contributed by atoms with Crippen molar-refractivity contribution in [3.05, 3.63) is 65.2 Å². The summed E-state index contributed by atoms with van der Waals surface area (Å²) < 4.78 is 26.9. The zero-order valence-corrected chi connectivity index (χ0v) is 11.4. The lowest BCUT2D eigenvalue weighted by Gasteiger charge is -2.21. The molecular weight excluding hydrogens is 260 g/mol. The molecule has 0 saturated carbocycles. The summed E-state index contributed by atoms with van der Waals surface area (Å²) in [4.78, 5) is 0. The molecule has 2 nitrogen and oxygen atoms in total. The highest BCUT2D eigenvalue weighted by Gasteiger charge is 2.16. The maximum absolute atomic E-state index is 13.7. The number of aromatic hydroxyl groups is 1. The highest BCUT2D eigenvalue weighted by atomic mass is 19.1.